The smallest absolute Gasteiger partial charge is 0.246 e. The quantitative estimate of drug-likeness (QED) is 0.358. The van der Waals surface area contributed by atoms with Crippen LogP contribution in [0, 0.1) is 11.3 Å². The third-order valence-electron chi connectivity index (χ3n) is 10.9. The lowest BCUT2D eigenvalue weighted by Gasteiger charge is -2.44. The van der Waals surface area contributed by atoms with Crippen molar-refractivity contribution in [3.05, 3.63) is 46.0 Å². The summed E-state index contributed by atoms with van der Waals surface area (Å²) >= 11 is 1.54. The monoisotopic (exact) mass is 656 g/mol. The maximum absolute atomic E-state index is 12.6. The molecule has 2 aliphatic heterocycles. The second-order valence-electron chi connectivity index (χ2n) is 13.8. The van der Waals surface area contributed by atoms with E-state index in [1.807, 2.05) is 11.0 Å². The van der Waals surface area contributed by atoms with Gasteiger partial charge in [-0.1, -0.05) is 11.7 Å². The van der Waals surface area contributed by atoms with Crippen LogP contribution in [0.2, 0.25) is 0 Å². The van der Waals surface area contributed by atoms with Crippen LogP contribution in [0.4, 0.5) is 10.8 Å². The topological polar surface area (TPSA) is 138 Å². The summed E-state index contributed by atoms with van der Waals surface area (Å²) in [6, 6.07) is 4.55. The molecule has 0 radical (unpaired) electrons. The van der Waals surface area contributed by atoms with E-state index in [9.17, 15) is 10.1 Å². The lowest BCUT2D eigenvalue weighted by atomic mass is 9.62. The molecule has 0 unspecified atom stereocenters. The summed E-state index contributed by atoms with van der Waals surface area (Å²) in [6.07, 6.45) is 8.99. The van der Waals surface area contributed by atoms with Gasteiger partial charge in [-0.3, -0.25) is 9.69 Å². The first kappa shape index (κ1) is 31.6. The maximum Gasteiger partial charge on any atom is 0.246 e. The second kappa shape index (κ2) is 12.3. The average Bonchev–Trinajstić information content (AvgIpc) is 3.77. The number of nitrogens with two attached hydrogens (primary N) is 1. The molecule has 2 fully saturated rings. The summed E-state index contributed by atoms with van der Waals surface area (Å²) in [5.74, 6) is 2.17. The van der Waals surface area contributed by atoms with E-state index in [0.29, 0.717) is 47.2 Å². The van der Waals surface area contributed by atoms with E-state index in [1.54, 1.807) is 11.3 Å². The number of likely N-dealkylation sites (N-methyl/N-ethyl adjacent to an activating group) is 1. The van der Waals surface area contributed by atoms with Crippen LogP contribution >= 0.6 is 11.3 Å². The van der Waals surface area contributed by atoms with Crippen LogP contribution < -0.4 is 15.4 Å². The summed E-state index contributed by atoms with van der Waals surface area (Å²) in [7, 11) is 2.15. The fraction of sp³-hybridized carbons (Fsp3) is 0.571. The molecule has 5 atom stereocenters. The van der Waals surface area contributed by atoms with Crippen molar-refractivity contribution in [2.24, 2.45) is 0 Å². The van der Waals surface area contributed by atoms with Gasteiger partial charge in [-0.2, -0.15) is 10.2 Å². The number of thiophene rings is 1. The van der Waals surface area contributed by atoms with E-state index in [4.69, 9.17) is 30.1 Å². The molecule has 3 aromatic heterocycles. The molecular weight excluding hydrogens is 613 g/mol. The van der Waals surface area contributed by atoms with Gasteiger partial charge in [-0.25, -0.2) is 4.98 Å². The Balaban J connectivity index is 1.30. The number of nitrogen functional groups attached to an aromatic ring is 1. The van der Waals surface area contributed by atoms with Gasteiger partial charge in [-0.05, 0) is 97.4 Å². The van der Waals surface area contributed by atoms with Crippen molar-refractivity contribution >= 4 is 28.1 Å². The van der Waals surface area contributed by atoms with Crippen LogP contribution in [0.25, 0.3) is 11.6 Å². The Morgan fingerprint density at radius 2 is 1.98 bits per heavy atom. The van der Waals surface area contributed by atoms with Crippen molar-refractivity contribution in [2.75, 3.05) is 37.3 Å². The number of hydrogen-bond donors (Lipinski definition) is 1. The number of hydrogen-bond acceptors (Lipinski definition) is 11. The minimum absolute atomic E-state index is 0.0381. The van der Waals surface area contributed by atoms with Gasteiger partial charge in [0.05, 0.1) is 11.3 Å². The second-order valence-corrected chi connectivity index (χ2v) is 15.0. The standard InChI is InChI=1S/C35H44N8O3S/c1-6-29(44)43-20(2)18-42(19-21(43)3)27-16-28(45-22(4)25-11-9-15-41(25)5)39-34(38-27)31-23-10-7-13-35(32(23)40-46-31)14-8-12-26-30(35)24(17-36)33(37)47-26/h6,16,20-22,25H,1,7-15,18-19,37H2,2-5H3/t20-,21-,22-,25-,35-/m0/s1. The highest BCUT2D eigenvalue weighted by Crippen LogP contribution is 2.54. The molecule has 12 heteroatoms. The molecule has 0 aromatic carbocycles. The van der Waals surface area contributed by atoms with Crippen LogP contribution in [-0.4, -0.2) is 81.7 Å². The predicted molar refractivity (Wildman–Crippen MR) is 182 cm³/mol. The summed E-state index contributed by atoms with van der Waals surface area (Å²) in [5, 5.41) is 15.5. The number of rotatable bonds is 6. The number of anilines is 2. The third-order valence-corrected chi connectivity index (χ3v) is 11.9. The van der Waals surface area contributed by atoms with Crippen molar-refractivity contribution < 1.29 is 14.1 Å². The van der Waals surface area contributed by atoms with Crippen LogP contribution in [0.15, 0.2) is 23.2 Å². The highest BCUT2D eigenvalue weighted by Gasteiger charge is 2.48. The minimum Gasteiger partial charge on any atom is -0.473 e. The summed E-state index contributed by atoms with van der Waals surface area (Å²) < 4.78 is 12.8. The molecular formula is C35H44N8O3S. The first-order chi connectivity index (χ1) is 22.6. The third kappa shape index (κ3) is 5.28. The van der Waals surface area contributed by atoms with E-state index < -0.39 is 5.41 Å². The summed E-state index contributed by atoms with van der Waals surface area (Å²) in [4.78, 5) is 30.4. The number of ether oxygens (including phenoxy) is 1. The van der Waals surface area contributed by atoms with E-state index in [-0.39, 0.29) is 24.1 Å². The number of aromatic nitrogens is 3. The van der Waals surface area contributed by atoms with Gasteiger partial charge in [0.1, 0.15) is 23.0 Å². The molecule has 2 N–H and O–H groups in total. The number of piperazine rings is 1. The Morgan fingerprint density at radius 1 is 1.23 bits per heavy atom. The Hall–Kier alpha value is -3.95. The van der Waals surface area contributed by atoms with Gasteiger partial charge in [0.2, 0.25) is 23.4 Å². The van der Waals surface area contributed by atoms with Gasteiger partial charge in [-0.15, -0.1) is 11.3 Å². The predicted octanol–water partition coefficient (Wildman–Crippen LogP) is 5.08. The fourth-order valence-electron chi connectivity index (χ4n) is 8.82. The number of aryl methyl sites for hydroxylation is 1. The molecule has 5 heterocycles. The van der Waals surface area contributed by atoms with Gasteiger partial charge >= 0.3 is 0 Å². The van der Waals surface area contributed by atoms with Crippen LogP contribution in [0.5, 0.6) is 5.88 Å². The largest absolute Gasteiger partial charge is 0.473 e. The summed E-state index contributed by atoms with van der Waals surface area (Å²) in [5.41, 5.74) is 9.52. The van der Waals surface area contributed by atoms with Gasteiger partial charge in [0, 0.05) is 53.1 Å². The number of carbonyl (C=O) groups is 1. The van der Waals surface area contributed by atoms with Crippen LogP contribution in [-0.2, 0) is 23.1 Å². The van der Waals surface area contributed by atoms with Crippen molar-refractivity contribution in [3.63, 3.8) is 0 Å². The van der Waals surface area contributed by atoms with Crippen LogP contribution in [0.1, 0.15) is 86.6 Å². The zero-order valence-corrected chi connectivity index (χ0v) is 28.6. The maximum atomic E-state index is 12.6. The van der Waals surface area contributed by atoms with Crippen molar-refractivity contribution in [1.82, 2.24) is 24.9 Å². The first-order valence-corrected chi connectivity index (χ1v) is 17.7. The SMILES string of the molecule is C=CC(=O)N1[C@@H](C)CN(c2cc(O[C@@H](C)[C@@H]3CCCN3C)nc(-c3onc4c3CCC[C@@]43CCCc4sc(N)c(C#N)c43)n2)C[C@@H]1C. The lowest BCUT2D eigenvalue weighted by molar-refractivity contribution is -0.130. The molecule has 7 rings (SSSR count). The molecule has 1 spiro atoms. The number of nitrogens with zero attached hydrogens (tertiary/aromatic N) is 7. The summed E-state index contributed by atoms with van der Waals surface area (Å²) in [6.45, 7) is 12.2. The number of nitriles is 1. The van der Waals surface area contributed by atoms with E-state index in [0.717, 1.165) is 80.6 Å². The molecule has 47 heavy (non-hydrogen) atoms. The molecule has 1 amide bonds. The highest BCUT2D eigenvalue weighted by molar-refractivity contribution is 7.16. The Labute approximate surface area is 280 Å². The molecule has 0 bridgehead atoms. The van der Waals surface area contributed by atoms with Crippen molar-refractivity contribution in [1.29, 1.82) is 5.26 Å². The van der Waals surface area contributed by atoms with Gasteiger partial charge in [0.15, 0.2) is 0 Å². The molecule has 248 valence electrons. The van der Waals surface area contributed by atoms with Crippen LogP contribution in [0.3, 0.4) is 0 Å². The van der Waals surface area contributed by atoms with E-state index in [2.05, 4.69) is 50.3 Å². The highest BCUT2D eigenvalue weighted by atomic mass is 32.1. The molecule has 2 aliphatic carbocycles. The van der Waals surface area contributed by atoms with Gasteiger partial charge < -0.3 is 24.8 Å². The van der Waals surface area contributed by atoms with Crippen molar-refractivity contribution in [3.8, 4) is 23.5 Å². The molecule has 11 nitrogen and oxygen atoms in total. The molecule has 3 aromatic rings. The van der Waals surface area contributed by atoms with E-state index >= 15 is 0 Å². The minimum atomic E-state index is -0.403. The van der Waals surface area contributed by atoms with Gasteiger partial charge in [0.25, 0.3) is 0 Å². The zero-order chi connectivity index (χ0) is 33.0. The number of amides is 1. The Kier molecular flexibility index (Phi) is 8.25. The normalized spacial score (nSPS) is 26.5. The first-order valence-electron chi connectivity index (χ1n) is 16.9. The number of fused-ring (bicyclic) bond motifs is 4. The Morgan fingerprint density at radius 3 is 2.66 bits per heavy atom. The molecule has 4 aliphatic rings. The number of carbonyl (C=O) groups excluding carboxylic acids is 1. The Bertz CT molecular complexity index is 1730. The average molecular weight is 657 g/mol. The zero-order valence-electron chi connectivity index (χ0n) is 27.8. The lowest BCUT2D eigenvalue weighted by Crippen LogP contribution is -2.58. The number of likely N-dealkylation sites (tertiary alicyclic amines) is 1. The van der Waals surface area contributed by atoms with E-state index in [1.165, 1.54) is 11.0 Å². The fourth-order valence-corrected chi connectivity index (χ4v) is 9.98. The molecule has 0 saturated carbocycles. The van der Waals surface area contributed by atoms with Crippen molar-refractivity contribution in [2.45, 2.75) is 102 Å². The molecule has 2 saturated heterocycles.